The Labute approximate surface area is 259 Å². The van der Waals surface area contributed by atoms with E-state index in [1.54, 1.807) is 0 Å². The molecule has 0 bridgehead atoms. The van der Waals surface area contributed by atoms with Crippen LogP contribution in [0.2, 0.25) is 0 Å². The molecule has 0 aliphatic heterocycles. The van der Waals surface area contributed by atoms with Gasteiger partial charge in [0.05, 0.1) is 0 Å². The molecule has 2 heteroatoms. The minimum Gasteiger partial charge on any atom is -0.317 e. The Hall–Kier alpha value is -0.890. The summed E-state index contributed by atoms with van der Waals surface area (Å²) in [6.07, 6.45) is 47.7. The summed E-state index contributed by atoms with van der Waals surface area (Å²) in [5.74, 6) is 0. The van der Waals surface area contributed by atoms with Gasteiger partial charge in [0.2, 0.25) is 0 Å². The molecule has 1 aromatic heterocycles. The molecule has 41 heavy (non-hydrogen) atoms. The van der Waals surface area contributed by atoms with E-state index in [0.29, 0.717) is 0 Å². The maximum atomic E-state index is 3.69. The molecule has 0 amide bonds. The van der Waals surface area contributed by atoms with Crippen molar-refractivity contribution in [2.75, 3.05) is 13.1 Å². The van der Waals surface area contributed by atoms with Crippen molar-refractivity contribution in [3.8, 4) is 0 Å². The molecule has 0 unspecified atom stereocenters. The fraction of sp³-hybridized carbons (Fsp3) is 0.872. The van der Waals surface area contributed by atoms with Crippen LogP contribution in [0.1, 0.15) is 200 Å². The van der Waals surface area contributed by atoms with Gasteiger partial charge in [-0.15, -0.1) is 0 Å². The number of nitrogens with zero attached hydrogens (tertiary/aromatic N) is 1. The Morgan fingerprint density at radius 1 is 0.341 bits per heavy atom. The highest BCUT2D eigenvalue weighted by atomic mass is 14.9. The lowest BCUT2D eigenvalue weighted by Gasteiger charge is -2.06. The van der Waals surface area contributed by atoms with E-state index in [1.807, 2.05) is 0 Å². The number of aromatic nitrogens is 1. The van der Waals surface area contributed by atoms with Gasteiger partial charge in [-0.25, -0.2) is 4.57 Å². The van der Waals surface area contributed by atoms with Crippen molar-refractivity contribution in [3.63, 3.8) is 0 Å². The molecule has 240 valence electrons. The molecule has 0 radical (unpaired) electrons. The largest absolute Gasteiger partial charge is 0.317 e. The van der Waals surface area contributed by atoms with Gasteiger partial charge in [0, 0.05) is 18.6 Å². The van der Waals surface area contributed by atoms with Crippen LogP contribution >= 0.6 is 0 Å². The van der Waals surface area contributed by atoms with E-state index in [9.17, 15) is 0 Å². The van der Waals surface area contributed by atoms with E-state index < -0.39 is 0 Å². The summed E-state index contributed by atoms with van der Waals surface area (Å²) in [4.78, 5) is 0. The van der Waals surface area contributed by atoms with E-state index >= 15 is 0 Å². The van der Waals surface area contributed by atoms with Crippen LogP contribution < -0.4 is 9.88 Å². The quantitative estimate of drug-likeness (QED) is 0.0642. The first-order valence-corrected chi connectivity index (χ1v) is 19.1. The van der Waals surface area contributed by atoms with Crippen molar-refractivity contribution in [3.05, 3.63) is 30.6 Å². The lowest BCUT2D eigenvalue weighted by Crippen LogP contribution is -2.32. The van der Waals surface area contributed by atoms with Gasteiger partial charge in [0.1, 0.15) is 6.54 Å². The summed E-state index contributed by atoms with van der Waals surface area (Å²) in [5, 5.41) is 3.69. The summed E-state index contributed by atoms with van der Waals surface area (Å²) in [6, 6.07) is 6.35. The zero-order valence-corrected chi connectivity index (χ0v) is 28.2. The van der Waals surface area contributed by atoms with Crippen molar-refractivity contribution < 1.29 is 4.57 Å². The highest BCUT2D eigenvalue weighted by molar-refractivity contribution is 4.83. The van der Waals surface area contributed by atoms with Crippen LogP contribution in [0.5, 0.6) is 0 Å². The van der Waals surface area contributed by atoms with Gasteiger partial charge in [-0.05, 0) is 32.4 Å². The first-order chi connectivity index (χ1) is 20.4. The van der Waals surface area contributed by atoms with E-state index in [0.717, 1.165) is 0 Å². The number of hydrogen-bond acceptors (Lipinski definition) is 1. The zero-order valence-electron chi connectivity index (χ0n) is 28.2. The average molecular weight is 572 g/mol. The molecule has 1 aromatic rings. The van der Waals surface area contributed by atoms with Crippen LogP contribution in [-0.4, -0.2) is 13.1 Å². The number of unbranched alkanes of at least 4 members (excludes halogenated alkanes) is 28. The molecule has 0 aliphatic carbocycles. The highest BCUT2D eigenvalue weighted by Gasteiger charge is 1.99. The Bertz CT molecular complexity index is 586. The lowest BCUT2D eigenvalue weighted by molar-refractivity contribution is -0.697. The van der Waals surface area contributed by atoms with Crippen molar-refractivity contribution in [2.24, 2.45) is 0 Å². The lowest BCUT2D eigenvalue weighted by atomic mass is 10.0. The fourth-order valence-electron chi connectivity index (χ4n) is 6.17. The minimum atomic E-state index is 1.18. The molecule has 0 atom stereocenters. The second-order valence-electron chi connectivity index (χ2n) is 13.1. The van der Waals surface area contributed by atoms with Crippen LogP contribution in [0.3, 0.4) is 0 Å². The molecule has 0 spiro atoms. The molecule has 0 aromatic carbocycles. The topological polar surface area (TPSA) is 15.9 Å². The van der Waals surface area contributed by atoms with Crippen LogP contribution in [0.25, 0.3) is 0 Å². The van der Waals surface area contributed by atoms with Crippen LogP contribution in [0.15, 0.2) is 30.6 Å². The van der Waals surface area contributed by atoms with E-state index in [1.165, 1.54) is 212 Å². The summed E-state index contributed by atoms with van der Waals surface area (Å²) >= 11 is 0. The third-order valence-electron chi connectivity index (χ3n) is 9.00. The predicted octanol–water partition coefficient (Wildman–Crippen LogP) is 12.3. The van der Waals surface area contributed by atoms with E-state index in [4.69, 9.17) is 0 Å². The molecular weight excluding hydrogens is 496 g/mol. The molecule has 2 nitrogen and oxygen atoms in total. The van der Waals surface area contributed by atoms with Gasteiger partial charge >= 0.3 is 0 Å². The maximum Gasteiger partial charge on any atom is 0.168 e. The van der Waals surface area contributed by atoms with Gasteiger partial charge in [0.15, 0.2) is 12.4 Å². The van der Waals surface area contributed by atoms with Gasteiger partial charge in [-0.3, -0.25) is 0 Å². The third kappa shape index (κ3) is 30.4. The SMILES string of the molecule is CCCCCCCCCCCCCCCCNCCCCCCCCCCCCCCCCCC[n+]1ccccc1. The van der Waals surface area contributed by atoms with Crippen molar-refractivity contribution in [1.29, 1.82) is 0 Å². The molecule has 0 saturated heterocycles. The minimum absolute atomic E-state index is 1.18. The van der Waals surface area contributed by atoms with Crippen molar-refractivity contribution in [1.82, 2.24) is 5.32 Å². The summed E-state index contributed by atoms with van der Waals surface area (Å²) in [6.45, 7) is 5.97. The molecule has 1 rings (SSSR count). The Morgan fingerprint density at radius 3 is 0.976 bits per heavy atom. The molecule has 1 N–H and O–H groups in total. The highest BCUT2D eigenvalue weighted by Crippen LogP contribution is 2.15. The van der Waals surface area contributed by atoms with Crippen molar-refractivity contribution in [2.45, 2.75) is 206 Å². The van der Waals surface area contributed by atoms with Crippen LogP contribution in [0, 0.1) is 0 Å². The van der Waals surface area contributed by atoms with Gasteiger partial charge < -0.3 is 5.32 Å². The molecule has 0 aliphatic rings. The molecule has 1 heterocycles. The number of nitrogens with one attached hydrogen (secondary N) is 1. The fourth-order valence-corrected chi connectivity index (χ4v) is 6.17. The summed E-state index contributed by atoms with van der Waals surface area (Å²) in [7, 11) is 0. The zero-order chi connectivity index (χ0) is 29.2. The summed E-state index contributed by atoms with van der Waals surface area (Å²) in [5.41, 5.74) is 0. The standard InChI is InChI=1S/C39H75N2/c1-2-3-4-5-6-7-8-9-14-17-20-23-26-30-35-40-36-31-27-24-21-18-15-12-10-11-13-16-19-22-25-28-32-37-41-38-33-29-34-39-41/h29,33-34,38-40H,2-28,30-32,35-37H2,1H3/q+1. The normalized spacial score (nSPS) is 11.4. The average Bonchev–Trinajstić information content (AvgIpc) is 3.00. The van der Waals surface area contributed by atoms with Gasteiger partial charge in [-0.1, -0.05) is 180 Å². The smallest absolute Gasteiger partial charge is 0.168 e. The number of pyridine rings is 1. The predicted molar refractivity (Wildman–Crippen MR) is 184 cm³/mol. The Balaban J connectivity index is 1.61. The maximum absolute atomic E-state index is 3.69. The van der Waals surface area contributed by atoms with Crippen LogP contribution in [-0.2, 0) is 6.54 Å². The molecule has 0 fully saturated rings. The summed E-state index contributed by atoms with van der Waals surface area (Å²) < 4.78 is 2.31. The van der Waals surface area contributed by atoms with Crippen LogP contribution in [0.4, 0.5) is 0 Å². The third-order valence-corrected chi connectivity index (χ3v) is 9.00. The Kier molecular flexibility index (Phi) is 31.3. The monoisotopic (exact) mass is 572 g/mol. The number of aryl methyl sites for hydroxylation is 1. The van der Waals surface area contributed by atoms with E-state index in [2.05, 4.69) is 47.4 Å². The molecule has 0 saturated carbocycles. The second-order valence-corrected chi connectivity index (χ2v) is 13.1. The Morgan fingerprint density at radius 2 is 0.634 bits per heavy atom. The second kappa shape index (κ2) is 33.6. The molecular formula is C39H75N2+. The number of rotatable bonds is 34. The first kappa shape index (κ1) is 38.1. The first-order valence-electron chi connectivity index (χ1n) is 19.1. The van der Waals surface area contributed by atoms with Crippen molar-refractivity contribution >= 4 is 0 Å². The van der Waals surface area contributed by atoms with Gasteiger partial charge in [-0.2, -0.15) is 0 Å². The van der Waals surface area contributed by atoms with E-state index in [-0.39, 0.29) is 0 Å². The number of hydrogen-bond donors (Lipinski definition) is 1. The van der Waals surface area contributed by atoms with Gasteiger partial charge in [0.25, 0.3) is 0 Å².